The average molecular weight is 613 g/mol. The number of hydrogen-bond donors (Lipinski definition) is 2. The highest BCUT2D eigenvalue weighted by Crippen LogP contribution is 2.33. The second kappa shape index (κ2) is 12.9. The number of benzene rings is 3. The fraction of sp³-hybridized carbons (Fsp3) is 0.286. The SMILES string of the molecule is CC(C)COc1cccc(C(=O)NC(=S)Nc2ccc(N3CCN(c4c(F)c(F)c(F)c(F)c4F)CC3)c(Cl)c2)c1. The monoisotopic (exact) mass is 612 g/mol. The lowest BCUT2D eigenvalue weighted by Gasteiger charge is -2.38. The number of thiocarbonyl (C=S) groups is 1. The van der Waals surface area contributed by atoms with Crippen LogP contribution in [0.1, 0.15) is 24.2 Å². The average Bonchev–Trinajstić information content (AvgIpc) is 2.94. The van der Waals surface area contributed by atoms with Gasteiger partial charge in [0.05, 0.1) is 17.3 Å². The van der Waals surface area contributed by atoms with Crippen LogP contribution in [0.2, 0.25) is 5.02 Å². The first-order valence-electron chi connectivity index (χ1n) is 12.6. The van der Waals surface area contributed by atoms with Crippen molar-refractivity contribution in [3.8, 4) is 5.75 Å². The molecular weight excluding hydrogens is 587 g/mol. The molecule has 3 aromatic carbocycles. The number of carbonyl (C=O) groups excluding carboxylic acids is 1. The summed E-state index contributed by atoms with van der Waals surface area (Å²) in [6, 6.07) is 11.7. The van der Waals surface area contributed by atoms with E-state index in [1.54, 1.807) is 42.5 Å². The molecule has 0 radical (unpaired) electrons. The van der Waals surface area contributed by atoms with Crippen molar-refractivity contribution in [2.75, 3.05) is 47.9 Å². The molecular formula is C28H26ClF5N4O2S. The summed E-state index contributed by atoms with van der Waals surface area (Å²) in [6.07, 6.45) is 0. The molecule has 0 saturated carbocycles. The van der Waals surface area contributed by atoms with Gasteiger partial charge in [-0.1, -0.05) is 31.5 Å². The predicted octanol–water partition coefficient (Wildman–Crippen LogP) is 6.52. The van der Waals surface area contributed by atoms with Crippen molar-refractivity contribution in [1.29, 1.82) is 0 Å². The molecule has 4 rings (SSSR count). The van der Waals surface area contributed by atoms with Gasteiger partial charge in [0.15, 0.2) is 28.4 Å². The maximum Gasteiger partial charge on any atom is 0.257 e. The Morgan fingerprint density at radius 3 is 2.15 bits per heavy atom. The van der Waals surface area contributed by atoms with Crippen molar-refractivity contribution in [2.45, 2.75) is 13.8 Å². The Hall–Kier alpha value is -3.64. The molecule has 3 aromatic rings. The van der Waals surface area contributed by atoms with E-state index < -0.39 is 40.7 Å². The summed E-state index contributed by atoms with van der Waals surface area (Å²) in [5.74, 6) is -9.40. The van der Waals surface area contributed by atoms with Crippen LogP contribution in [0.3, 0.4) is 0 Å². The second-order valence-electron chi connectivity index (χ2n) is 9.70. The zero-order chi connectivity index (χ0) is 29.8. The highest BCUT2D eigenvalue weighted by atomic mass is 35.5. The van der Waals surface area contributed by atoms with Crippen LogP contribution in [0.4, 0.5) is 39.0 Å². The summed E-state index contributed by atoms with van der Waals surface area (Å²) in [5, 5.41) is 5.87. The van der Waals surface area contributed by atoms with E-state index in [-0.39, 0.29) is 31.3 Å². The highest BCUT2D eigenvalue weighted by molar-refractivity contribution is 7.80. The third kappa shape index (κ3) is 6.99. The Bertz CT molecular complexity index is 1440. The molecule has 1 aliphatic rings. The lowest BCUT2D eigenvalue weighted by molar-refractivity contribution is 0.0977. The normalized spacial score (nSPS) is 13.4. The van der Waals surface area contributed by atoms with Crippen LogP contribution in [-0.4, -0.2) is 43.8 Å². The molecule has 13 heteroatoms. The van der Waals surface area contributed by atoms with Crippen LogP contribution in [-0.2, 0) is 0 Å². The third-order valence-corrected chi connectivity index (χ3v) is 6.74. The van der Waals surface area contributed by atoms with Gasteiger partial charge in [0, 0.05) is 37.4 Å². The maximum atomic E-state index is 14.2. The Labute approximate surface area is 244 Å². The summed E-state index contributed by atoms with van der Waals surface area (Å²) in [4.78, 5) is 15.6. The molecule has 1 saturated heterocycles. The largest absolute Gasteiger partial charge is 0.493 e. The molecule has 6 nitrogen and oxygen atoms in total. The van der Waals surface area contributed by atoms with E-state index in [0.29, 0.717) is 40.2 Å². The molecule has 2 N–H and O–H groups in total. The molecule has 0 unspecified atom stereocenters. The van der Waals surface area contributed by atoms with Crippen LogP contribution < -0.4 is 25.2 Å². The van der Waals surface area contributed by atoms with Crippen molar-refractivity contribution in [2.24, 2.45) is 5.92 Å². The molecule has 0 spiro atoms. The molecule has 0 aromatic heterocycles. The van der Waals surface area contributed by atoms with Crippen LogP contribution in [0.5, 0.6) is 5.75 Å². The van der Waals surface area contributed by atoms with Crippen LogP contribution in [0.25, 0.3) is 0 Å². The smallest absolute Gasteiger partial charge is 0.257 e. The maximum absolute atomic E-state index is 14.2. The first-order chi connectivity index (χ1) is 19.5. The Kier molecular flexibility index (Phi) is 9.54. The molecule has 0 bridgehead atoms. The van der Waals surface area contributed by atoms with Crippen LogP contribution >= 0.6 is 23.8 Å². The van der Waals surface area contributed by atoms with Crippen LogP contribution in [0, 0.1) is 35.0 Å². The van der Waals surface area contributed by atoms with E-state index in [1.807, 2.05) is 18.7 Å². The van der Waals surface area contributed by atoms with Gasteiger partial charge in [-0.3, -0.25) is 10.1 Å². The summed E-state index contributed by atoms with van der Waals surface area (Å²) >= 11 is 11.7. The number of carbonyl (C=O) groups is 1. The van der Waals surface area contributed by atoms with Crippen molar-refractivity contribution in [1.82, 2.24) is 5.32 Å². The number of hydrogen-bond acceptors (Lipinski definition) is 5. The van der Waals surface area contributed by atoms with Gasteiger partial charge < -0.3 is 19.9 Å². The van der Waals surface area contributed by atoms with E-state index in [9.17, 15) is 26.7 Å². The molecule has 1 amide bonds. The minimum absolute atomic E-state index is 0.00545. The molecule has 1 heterocycles. The van der Waals surface area contributed by atoms with Gasteiger partial charge in [0.25, 0.3) is 5.91 Å². The number of piperazine rings is 1. The topological polar surface area (TPSA) is 56.8 Å². The minimum atomic E-state index is -2.19. The van der Waals surface area contributed by atoms with Gasteiger partial charge in [-0.25, -0.2) is 22.0 Å². The van der Waals surface area contributed by atoms with Gasteiger partial charge in [-0.05, 0) is 54.5 Å². The van der Waals surface area contributed by atoms with Crippen molar-refractivity contribution in [3.05, 3.63) is 82.1 Å². The van der Waals surface area contributed by atoms with Gasteiger partial charge in [0.2, 0.25) is 5.82 Å². The first-order valence-corrected chi connectivity index (χ1v) is 13.4. The number of nitrogens with one attached hydrogen (secondary N) is 2. The highest BCUT2D eigenvalue weighted by Gasteiger charge is 2.31. The van der Waals surface area contributed by atoms with Crippen molar-refractivity contribution >= 4 is 51.9 Å². The van der Waals surface area contributed by atoms with Gasteiger partial charge in [0.1, 0.15) is 11.4 Å². The molecule has 1 aliphatic heterocycles. The molecule has 0 aliphatic carbocycles. The lowest BCUT2D eigenvalue weighted by atomic mass is 10.2. The van der Waals surface area contributed by atoms with E-state index >= 15 is 0 Å². The standard InChI is InChI=1S/C28H26ClF5N4O2S/c1-15(2)14-40-18-5-3-4-16(12-18)27(39)36-28(41)35-17-6-7-20(19(29)13-17)37-8-10-38(11-9-37)26-24(33)22(31)21(30)23(32)25(26)34/h3-7,12-13,15H,8-11,14H2,1-2H3,(H2,35,36,39,41). The van der Waals surface area contributed by atoms with E-state index in [2.05, 4.69) is 10.6 Å². The summed E-state index contributed by atoms with van der Waals surface area (Å²) < 4.78 is 74.8. The quantitative estimate of drug-likeness (QED) is 0.137. The number of amides is 1. The van der Waals surface area contributed by atoms with E-state index in [1.165, 1.54) is 0 Å². The Morgan fingerprint density at radius 2 is 1.54 bits per heavy atom. The van der Waals surface area contributed by atoms with Crippen molar-refractivity contribution in [3.63, 3.8) is 0 Å². The minimum Gasteiger partial charge on any atom is -0.493 e. The summed E-state index contributed by atoms with van der Waals surface area (Å²) in [7, 11) is 0. The van der Waals surface area contributed by atoms with Crippen molar-refractivity contribution < 1.29 is 31.5 Å². The zero-order valence-electron chi connectivity index (χ0n) is 22.0. The van der Waals surface area contributed by atoms with E-state index in [4.69, 9.17) is 28.6 Å². The lowest BCUT2D eigenvalue weighted by Crippen LogP contribution is -2.47. The Balaban J connectivity index is 1.35. The molecule has 1 fully saturated rings. The summed E-state index contributed by atoms with van der Waals surface area (Å²) in [6.45, 7) is 4.96. The zero-order valence-corrected chi connectivity index (χ0v) is 23.6. The number of anilines is 3. The first kappa shape index (κ1) is 30.3. The number of rotatable bonds is 7. The molecule has 0 atom stereocenters. The number of ether oxygens (including phenoxy) is 1. The molecule has 41 heavy (non-hydrogen) atoms. The predicted molar refractivity (Wildman–Crippen MR) is 153 cm³/mol. The number of nitrogens with zero attached hydrogens (tertiary/aromatic N) is 2. The van der Waals surface area contributed by atoms with Gasteiger partial charge >= 0.3 is 0 Å². The fourth-order valence-corrected chi connectivity index (χ4v) is 4.72. The third-order valence-electron chi connectivity index (χ3n) is 6.24. The van der Waals surface area contributed by atoms with Gasteiger partial charge in [-0.2, -0.15) is 0 Å². The van der Waals surface area contributed by atoms with Gasteiger partial charge in [-0.15, -0.1) is 0 Å². The fourth-order valence-electron chi connectivity index (χ4n) is 4.21. The molecule has 218 valence electrons. The van der Waals surface area contributed by atoms with Crippen LogP contribution in [0.15, 0.2) is 42.5 Å². The number of halogens is 6. The summed E-state index contributed by atoms with van der Waals surface area (Å²) in [5.41, 5.74) is 0.520. The Morgan fingerprint density at radius 1 is 0.927 bits per heavy atom. The second-order valence-corrected chi connectivity index (χ2v) is 10.5. The van der Waals surface area contributed by atoms with E-state index in [0.717, 1.165) is 4.90 Å².